The Bertz CT molecular complexity index is 569. The average Bonchev–Trinajstić information content (AvgIpc) is 2.54. The molecule has 0 spiro atoms. The van der Waals surface area contributed by atoms with Gasteiger partial charge in [0.05, 0.1) is 0 Å². The maximum atomic E-state index is 13.2. The monoisotopic (exact) mass is 362 g/mol. The molecule has 1 amide bonds. The molecular formula is C22H35FN2O. The number of amides is 1. The number of rotatable bonds is 6. The number of carbonyl (C=O) groups is 1. The standard InChI is InChI=1S/C22H35FN2O/c1-22(2,3)14-20(26)24-15-16-6-8-17(9-7-16)21(25(4)5)18-10-12-19(23)13-11-18/h10-13,16-17,21H,6-9,14-15H2,1-5H3,(H,24,26). The van der Waals surface area contributed by atoms with Gasteiger partial charge in [0.1, 0.15) is 5.82 Å². The van der Waals surface area contributed by atoms with Gasteiger partial charge in [-0.15, -0.1) is 0 Å². The van der Waals surface area contributed by atoms with Crippen molar-refractivity contribution < 1.29 is 9.18 Å². The van der Waals surface area contributed by atoms with E-state index >= 15 is 0 Å². The summed E-state index contributed by atoms with van der Waals surface area (Å²) < 4.78 is 13.2. The summed E-state index contributed by atoms with van der Waals surface area (Å²) in [6, 6.07) is 7.27. The van der Waals surface area contributed by atoms with Gasteiger partial charge in [-0.2, -0.15) is 0 Å². The van der Waals surface area contributed by atoms with E-state index in [1.165, 1.54) is 5.56 Å². The Hall–Kier alpha value is -1.42. The largest absolute Gasteiger partial charge is 0.356 e. The van der Waals surface area contributed by atoms with E-state index in [-0.39, 0.29) is 17.1 Å². The zero-order valence-electron chi connectivity index (χ0n) is 17.0. The number of benzene rings is 1. The number of nitrogens with one attached hydrogen (secondary N) is 1. The van der Waals surface area contributed by atoms with Crippen LogP contribution < -0.4 is 5.32 Å². The molecule has 1 saturated carbocycles. The van der Waals surface area contributed by atoms with Crippen LogP contribution in [0.3, 0.4) is 0 Å². The maximum Gasteiger partial charge on any atom is 0.220 e. The first kappa shape index (κ1) is 20.9. The summed E-state index contributed by atoms with van der Waals surface area (Å²) >= 11 is 0. The highest BCUT2D eigenvalue weighted by atomic mass is 19.1. The summed E-state index contributed by atoms with van der Waals surface area (Å²) in [6.07, 6.45) is 5.17. The Balaban J connectivity index is 1.86. The summed E-state index contributed by atoms with van der Waals surface area (Å²) in [7, 11) is 4.21. The molecule has 26 heavy (non-hydrogen) atoms. The van der Waals surface area contributed by atoms with Crippen molar-refractivity contribution in [1.29, 1.82) is 0 Å². The van der Waals surface area contributed by atoms with E-state index in [0.29, 0.717) is 24.3 Å². The minimum Gasteiger partial charge on any atom is -0.356 e. The van der Waals surface area contributed by atoms with Crippen LogP contribution >= 0.6 is 0 Å². The number of hydrogen-bond acceptors (Lipinski definition) is 2. The lowest BCUT2D eigenvalue weighted by Crippen LogP contribution is -2.35. The van der Waals surface area contributed by atoms with Crippen molar-refractivity contribution in [3.63, 3.8) is 0 Å². The topological polar surface area (TPSA) is 32.3 Å². The molecule has 2 rings (SSSR count). The molecule has 1 aromatic carbocycles. The van der Waals surface area contributed by atoms with Gasteiger partial charge in [0, 0.05) is 19.0 Å². The smallest absolute Gasteiger partial charge is 0.220 e. The lowest BCUT2D eigenvalue weighted by Gasteiger charge is -2.37. The molecule has 1 aromatic rings. The molecule has 0 heterocycles. The van der Waals surface area contributed by atoms with E-state index in [9.17, 15) is 9.18 Å². The van der Waals surface area contributed by atoms with Crippen LogP contribution in [0.1, 0.15) is 64.5 Å². The Kier molecular flexibility index (Phi) is 7.22. The molecule has 3 nitrogen and oxygen atoms in total. The van der Waals surface area contributed by atoms with E-state index in [1.54, 1.807) is 12.1 Å². The van der Waals surface area contributed by atoms with Gasteiger partial charge in [-0.05, 0) is 74.7 Å². The molecule has 1 aliphatic carbocycles. The normalized spacial score (nSPS) is 22.3. The minimum atomic E-state index is -0.180. The zero-order valence-corrected chi connectivity index (χ0v) is 17.0. The van der Waals surface area contributed by atoms with Gasteiger partial charge >= 0.3 is 0 Å². The maximum absolute atomic E-state index is 13.2. The van der Waals surface area contributed by atoms with Crippen molar-refractivity contribution in [3.05, 3.63) is 35.6 Å². The molecule has 1 N–H and O–H groups in total. The van der Waals surface area contributed by atoms with Crippen molar-refractivity contribution in [3.8, 4) is 0 Å². The number of carbonyl (C=O) groups excluding carboxylic acids is 1. The second-order valence-electron chi connectivity index (χ2n) is 9.28. The van der Waals surface area contributed by atoms with E-state index < -0.39 is 0 Å². The number of nitrogens with zero attached hydrogens (tertiary/aromatic N) is 1. The molecule has 0 saturated heterocycles. The van der Waals surface area contributed by atoms with Crippen molar-refractivity contribution in [1.82, 2.24) is 10.2 Å². The van der Waals surface area contributed by atoms with Crippen LogP contribution in [0, 0.1) is 23.1 Å². The summed E-state index contributed by atoms with van der Waals surface area (Å²) in [6.45, 7) is 7.07. The Morgan fingerprint density at radius 3 is 2.23 bits per heavy atom. The van der Waals surface area contributed by atoms with Crippen LogP contribution in [-0.2, 0) is 4.79 Å². The van der Waals surface area contributed by atoms with Crippen LogP contribution in [0.2, 0.25) is 0 Å². The molecule has 4 heteroatoms. The third kappa shape index (κ3) is 6.39. The van der Waals surface area contributed by atoms with Crippen molar-refractivity contribution in [2.45, 2.75) is 58.9 Å². The quantitative estimate of drug-likeness (QED) is 0.789. The molecule has 0 bridgehead atoms. The highest BCUT2D eigenvalue weighted by molar-refractivity contribution is 5.76. The SMILES string of the molecule is CN(C)C(c1ccc(F)cc1)C1CCC(CNC(=O)CC(C)(C)C)CC1. The Morgan fingerprint density at radius 1 is 1.15 bits per heavy atom. The van der Waals surface area contributed by atoms with Crippen molar-refractivity contribution in [2.75, 3.05) is 20.6 Å². The van der Waals surface area contributed by atoms with Gasteiger partial charge in [-0.25, -0.2) is 4.39 Å². The minimum absolute atomic E-state index is 0.0375. The van der Waals surface area contributed by atoms with Gasteiger partial charge in [0.25, 0.3) is 0 Å². The van der Waals surface area contributed by atoms with Crippen LogP contribution in [0.5, 0.6) is 0 Å². The van der Waals surface area contributed by atoms with E-state index in [4.69, 9.17) is 0 Å². The molecule has 0 radical (unpaired) electrons. The molecule has 146 valence electrons. The Morgan fingerprint density at radius 2 is 1.73 bits per heavy atom. The molecule has 1 aliphatic rings. The van der Waals surface area contributed by atoms with Crippen LogP contribution in [0.15, 0.2) is 24.3 Å². The lowest BCUT2D eigenvalue weighted by molar-refractivity contribution is -0.123. The van der Waals surface area contributed by atoms with Crippen LogP contribution in [0.4, 0.5) is 4.39 Å². The summed E-state index contributed by atoms with van der Waals surface area (Å²) in [5, 5.41) is 3.12. The molecule has 1 atom stereocenters. The Labute approximate surface area is 158 Å². The van der Waals surface area contributed by atoms with Crippen LogP contribution in [0.25, 0.3) is 0 Å². The summed E-state index contributed by atoms with van der Waals surface area (Å²) in [4.78, 5) is 14.3. The second kappa shape index (κ2) is 8.98. The highest BCUT2D eigenvalue weighted by Crippen LogP contribution is 2.39. The predicted octanol–water partition coefficient (Wildman–Crippen LogP) is 4.79. The van der Waals surface area contributed by atoms with Gasteiger partial charge in [0.2, 0.25) is 5.91 Å². The highest BCUT2D eigenvalue weighted by Gasteiger charge is 2.30. The average molecular weight is 363 g/mol. The first-order valence-electron chi connectivity index (χ1n) is 9.84. The third-order valence-corrected chi connectivity index (χ3v) is 5.38. The molecule has 0 aromatic heterocycles. The lowest BCUT2D eigenvalue weighted by atomic mass is 9.76. The van der Waals surface area contributed by atoms with Gasteiger partial charge in [-0.1, -0.05) is 32.9 Å². The number of hydrogen-bond donors (Lipinski definition) is 1. The molecular weight excluding hydrogens is 327 g/mol. The fraction of sp³-hybridized carbons (Fsp3) is 0.682. The van der Waals surface area contributed by atoms with E-state index in [1.807, 2.05) is 12.1 Å². The first-order valence-corrected chi connectivity index (χ1v) is 9.84. The number of halogens is 1. The van der Waals surface area contributed by atoms with E-state index in [0.717, 1.165) is 32.2 Å². The van der Waals surface area contributed by atoms with Crippen molar-refractivity contribution >= 4 is 5.91 Å². The van der Waals surface area contributed by atoms with Gasteiger partial charge < -0.3 is 10.2 Å². The van der Waals surface area contributed by atoms with Gasteiger partial charge in [0.15, 0.2) is 0 Å². The first-order chi connectivity index (χ1) is 12.2. The fourth-order valence-corrected chi connectivity index (χ4v) is 4.16. The van der Waals surface area contributed by atoms with Crippen LogP contribution in [-0.4, -0.2) is 31.4 Å². The molecule has 1 unspecified atom stereocenters. The second-order valence-corrected chi connectivity index (χ2v) is 9.28. The summed E-state index contributed by atoms with van der Waals surface area (Å²) in [5.74, 6) is 1.14. The zero-order chi connectivity index (χ0) is 19.3. The molecule has 0 aliphatic heterocycles. The fourth-order valence-electron chi connectivity index (χ4n) is 4.16. The van der Waals surface area contributed by atoms with E-state index in [2.05, 4.69) is 45.1 Å². The molecule has 1 fully saturated rings. The predicted molar refractivity (Wildman–Crippen MR) is 105 cm³/mol. The summed E-state index contributed by atoms with van der Waals surface area (Å²) in [5.41, 5.74) is 1.23. The van der Waals surface area contributed by atoms with Crippen molar-refractivity contribution in [2.24, 2.45) is 17.3 Å². The van der Waals surface area contributed by atoms with Gasteiger partial charge in [-0.3, -0.25) is 4.79 Å². The third-order valence-electron chi connectivity index (χ3n) is 5.38.